The molecular weight excluding hydrogens is 342 g/mol. The molecule has 1 unspecified atom stereocenters. The van der Waals surface area contributed by atoms with E-state index in [1.54, 1.807) is 27.8 Å². The molecule has 146 valence electrons. The van der Waals surface area contributed by atoms with Crippen molar-refractivity contribution >= 4 is 22.8 Å². The Hall–Kier alpha value is -2.47. The molecule has 2 N–H and O–H groups in total. The van der Waals surface area contributed by atoms with Gasteiger partial charge in [0.2, 0.25) is 5.91 Å². The van der Waals surface area contributed by atoms with Crippen LogP contribution in [0.3, 0.4) is 0 Å². The van der Waals surface area contributed by atoms with Gasteiger partial charge in [0, 0.05) is 23.5 Å². The Morgan fingerprint density at radius 1 is 1.15 bits per heavy atom. The largest absolute Gasteiger partial charge is 0.460 e. The van der Waals surface area contributed by atoms with Crippen molar-refractivity contribution in [3.63, 3.8) is 0 Å². The van der Waals surface area contributed by atoms with Crippen molar-refractivity contribution in [3.05, 3.63) is 42.1 Å². The number of pyridine rings is 1. The van der Waals surface area contributed by atoms with E-state index in [4.69, 9.17) is 4.74 Å². The van der Waals surface area contributed by atoms with Gasteiger partial charge in [-0.3, -0.25) is 14.6 Å². The predicted molar refractivity (Wildman–Crippen MR) is 106 cm³/mol. The van der Waals surface area contributed by atoms with Crippen LogP contribution in [0.4, 0.5) is 0 Å². The number of ether oxygens (including phenoxy) is 1. The lowest BCUT2D eigenvalue weighted by molar-refractivity contribution is -0.156. The van der Waals surface area contributed by atoms with Gasteiger partial charge in [-0.25, -0.2) is 0 Å². The molecule has 27 heavy (non-hydrogen) atoms. The molecule has 1 aromatic carbocycles. The third kappa shape index (κ3) is 6.64. The van der Waals surface area contributed by atoms with Gasteiger partial charge in [0.25, 0.3) is 0 Å². The van der Waals surface area contributed by atoms with Crippen LogP contribution in [0.1, 0.15) is 39.8 Å². The quantitative estimate of drug-likeness (QED) is 0.731. The van der Waals surface area contributed by atoms with E-state index in [1.165, 1.54) is 0 Å². The Morgan fingerprint density at radius 2 is 1.85 bits per heavy atom. The van der Waals surface area contributed by atoms with E-state index in [2.05, 4.69) is 15.6 Å². The first-order chi connectivity index (χ1) is 12.7. The number of carbonyl (C=O) groups is 2. The van der Waals surface area contributed by atoms with Crippen LogP contribution >= 0.6 is 0 Å². The van der Waals surface area contributed by atoms with E-state index in [1.807, 2.05) is 43.3 Å². The summed E-state index contributed by atoms with van der Waals surface area (Å²) < 4.78 is 5.29. The maximum atomic E-state index is 12.5. The number of amides is 1. The van der Waals surface area contributed by atoms with E-state index in [-0.39, 0.29) is 18.4 Å². The smallest absolute Gasteiger partial charge is 0.308 e. The summed E-state index contributed by atoms with van der Waals surface area (Å²) >= 11 is 0. The highest BCUT2D eigenvalue weighted by molar-refractivity contribution is 5.86. The Morgan fingerprint density at radius 3 is 2.52 bits per heavy atom. The van der Waals surface area contributed by atoms with Crippen molar-refractivity contribution < 1.29 is 14.3 Å². The molecule has 2 aromatic rings. The molecule has 0 bridgehead atoms. The minimum atomic E-state index is -0.633. The highest BCUT2D eigenvalue weighted by Gasteiger charge is 2.25. The van der Waals surface area contributed by atoms with Crippen LogP contribution in [0.25, 0.3) is 10.9 Å². The van der Waals surface area contributed by atoms with E-state index in [9.17, 15) is 9.59 Å². The van der Waals surface area contributed by atoms with Crippen molar-refractivity contribution in [1.29, 1.82) is 0 Å². The first-order valence-corrected chi connectivity index (χ1v) is 9.22. The number of likely N-dealkylation sites (N-methyl/N-ethyl adjacent to an activating group) is 1. The minimum Gasteiger partial charge on any atom is -0.460 e. The summed E-state index contributed by atoms with van der Waals surface area (Å²) in [6.07, 6.45) is 0.597. The van der Waals surface area contributed by atoms with Crippen LogP contribution in [0.5, 0.6) is 0 Å². The lowest BCUT2D eigenvalue weighted by Gasteiger charge is -2.23. The number of rotatable bonds is 7. The van der Waals surface area contributed by atoms with Gasteiger partial charge in [-0.05, 0) is 46.9 Å². The molecule has 6 heteroatoms. The number of esters is 1. The number of hydrogen-bond donors (Lipinski definition) is 2. The zero-order chi connectivity index (χ0) is 20.0. The Labute approximate surface area is 160 Å². The Balaban J connectivity index is 1.93. The van der Waals surface area contributed by atoms with Gasteiger partial charge >= 0.3 is 5.97 Å². The Kier molecular flexibility index (Phi) is 6.91. The molecular formula is C21H29N3O3. The van der Waals surface area contributed by atoms with Crippen molar-refractivity contribution in [1.82, 2.24) is 15.6 Å². The summed E-state index contributed by atoms with van der Waals surface area (Å²) in [7, 11) is 1.66. The van der Waals surface area contributed by atoms with Gasteiger partial charge in [-0.1, -0.05) is 24.3 Å². The van der Waals surface area contributed by atoms with Crippen molar-refractivity contribution in [2.45, 2.75) is 58.2 Å². The van der Waals surface area contributed by atoms with Gasteiger partial charge < -0.3 is 15.4 Å². The van der Waals surface area contributed by atoms with Gasteiger partial charge in [0.05, 0.1) is 18.0 Å². The second-order valence-electron chi connectivity index (χ2n) is 7.74. The van der Waals surface area contributed by atoms with Crippen LogP contribution in [0.15, 0.2) is 36.4 Å². The molecule has 0 aliphatic rings. The zero-order valence-corrected chi connectivity index (χ0v) is 16.7. The molecule has 0 saturated heterocycles. The standard InChI is InChI=1S/C21H29N3O3/c1-14(12-16-11-10-15-8-6-7-9-17(15)24-16)23-20(26)18(22-5)13-19(25)27-21(2,3)4/h6-11,14,18,22H,12-13H2,1-5H3,(H,23,26)/t14?,18-/m0/s1. The summed E-state index contributed by atoms with van der Waals surface area (Å²) in [5.41, 5.74) is 1.28. The van der Waals surface area contributed by atoms with Gasteiger partial charge in [-0.15, -0.1) is 0 Å². The number of fused-ring (bicyclic) bond motifs is 1. The molecule has 1 amide bonds. The van der Waals surface area contributed by atoms with Crippen LogP contribution in [-0.2, 0) is 20.7 Å². The molecule has 2 atom stereocenters. The summed E-state index contributed by atoms with van der Waals surface area (Å²) in [5.74, 6) is -0.627. The Bertz CT molecular complexity index is 799. The van der Waals surface area contributed by atoms with Crippen LogP contribution < -0.4 is 10.6 Å². The van der Waals surface area contributed by atoms with E-state index >= 15 is 0 Å². The molecule has 1 aromatic heterocycles. The topological polar surface area (TPSA) is 80.3 Å². The molecule has 1 heterocycles. The van der Waals surface area contributed by atoms with Gasteiger partial charge in [0.1, 0.15) is 5.60 Å². The second kappa shape index (κ2) is 8.95. The average molecular weight is 371 g/mol. The van der Waals surface area contributed by atoms with E-state index in [0.29, 0.717) is 6.42 Å². The predicted octanol–water partition coefficient (Wildman–Crippen LogP) is 2.60. The summed E-state index contributed by atoms with van der Waals surface area (Å²) in [4.78, 5) is 29.1. The fourth-order valence-corrected chi connectivity index (χ4v) is 2.81. The molecule has 0 fully saturated rings. The lowest BCUT2D eigenvalue weighted by atomic mass is 10.1. The van der Waals surface area contributed by atoms with Crippen LogP contribution in [0, 0.1) is 0 Å². The third-order valence-electron chi connectivity index (χ3n) is 4.02. The monoisotopic (exact) mass is 371 g/mol. The summed E-state index contributed by atoms with van der Waals surface area (Å²) in [5, 5.41) is 6.92. The normalized spacial score (nSPS) is 13.8. The first-order valence-electron chi connectivity index (χ1n) is 9.22. The summed E-state index contributed by atoms with van der Waals surface area (Å²) in [6, 6.07) is 11.2. The average Bonchev–Trinajstić information content (AvgIpc) is 2.57. The number of nitrogens with zero attached hydrogens (tertiary/aromatic N) is 1. The molecule has 6 nitrogen and oxygen atoms in total. The summed E-state index contributed by atoms with van der Waals surface area (Å²) in [6.45, 7) is 7.34. The van der Waals surface area contributed by atoms with Crippen LogP contribution in [0.2, 0.25) is 0 Å². The first kappa shape index (κ1) is 20.8. The highest BCUT2D eigenvalue weighted by Crippen LogP contribution is 2.13. The van der Waals surface area contributed by atoms with Crippen LogP contribution in [-0.4, -0.2) is 41.6 Å². The number of benzene rings is 1. The van der Waals surface area contributed by atoms with Crippen molar-refractivity contribution in [2.24, 2.45) is 0 Å². The fourth-order valence-electron chi connectivity index (χ4n) is 2.81. The van der Waals surface area contributed by atoms with E-state index < -0.39 is 17.6 Å². The molecule has 0 aliphatic carbocycles. The number of nitrogens with one attached hydrogen (secondary N) is 2. The number of aromatic nitrogens is 1. The zero-order valence-electron chi connectivity index (χ0n) is 16.7. The van der Waals surface area contributed by atoms with Gasteiger partial charge in [0.15, 0.2) is 0 Å². The molecule has 2 rings (SSSR count). The fraction of sp³-hybridized carbons (Fsp3) is 0.476. The minimum absolute atomic E-state index is 0.0133. The SMILES string of the molecule is CN[C@@H](CC(=O)OC(C)(C)C)C(=O)NC(C)Cc1ccc2ccccc2n1. The molecule has 0 spiro atoms. The maximum Gasteiger partial charge on any atom is 0.308 e. The van der Waals surface area contributed by atoms with Crippen molar-refractivity contribution in [3.8, 4) is 0 Å². The van der Waals surface area contributed by atoms with Crippen molar-refractivity contribution in [2.75, 3.05) is 7.05 Å². The molecule has 0 radical (unpaired) electrons. The second-order valence-corrected chi connectivity index (χ2v) is 7.74. The van der Waals surface area contributed by atoms with E-state index in [0.717, 1.165) is 16.6 Å². The highest BCUT2D eigenvalue weighted by atomic mass is 16.6. The molecule has 0 aliphatic heterocycles. The lowest BCUT2D eigenvalue weighted by Crippen LogP contribution is -2.48. The maximum absolute atomic E-state index is 12.5. The number of carbonyl (C=O) groups excluding carboxylic acids is 2. The number of para-hydroxylation sites is 1. The number of hydrogen-bond acceptors (Lipinski definition) is 5. The van der Waals surface area contributed by atoms with Gasteiger partial charge in [-0.2, -0.15) is 0 Å². The third-order valence-corrected chi connectivity index (χ3v) is 4.02. The molecule has 0 saturated carbocycles.